The molecule has 12 heteroatoms. The van der Waals surface area contributed by atoms with Gasteiger partial charge in [0.05, 0.1) is 17.2 Å². The summed E-state index contributed by atoms with van der Waals surface area (Å²) in [4.78, 5) is 33.7. The maximum Gasteiger partial charge on any atom is 0.573 e. The maximum atomic E-state index is 13.4. The number of fused-ring (bicyclic) bond motifs is 1. The zero-order valence-corrected chi connectivity index (χ0v) is 17.4. The van der Waals surface area contributed by atoms with Gasteiger partial charge >= 0.3 is 6.36 Å². The van der Waals surface area contributed by atoms with E-state index in [1.807, 2.05) is 0 Å². The van der Waals surface area contributed by atoms with Gasteiger partial charge in [0.15, 0.2) is 5.13 Å². The fourth-order valence-electron chi connectivity index (χ4n) is 3.01. The van der Waals surface area contributed by atoms with Gasteiger partial charge in [-0.1, -0.05) is 12.1 Å². The van der Waals surface area contributed by atoms with Crippen LogP contribution in [0.25, 0.3) is 10.9 Å². The molecule has 33 heavy (non-hydrogen) atoms. The molecule has 0 fully saturated rings. The van der Waals surface area contributed by atoms with Crippen LogP contribution in [-0.2, 0) is 17.8 Å². The molecular formula is C21H14F4N4O3S. The Hall–Kier alpha value is -3.80. The summed E-state index contributed by atoms with van der Waals surface area (Å²) in [6.45, 7) is -0.339. The number of alkyl halides is 3. The normalized spacial score (nSPS) is 11.5. The van der Waals surface area contributed by atoms with E-state index in [2.05, 4.69) is 20.0 Å². The van der Waals surface area contributed by atoms with Crippen molar-refractivity contribution in [3.8, 4) is 5.75 Å². The molecule has 4 rings (SSSR count). The third kappa shape index (κ3) is 5.71. The summed E-state index contributed by atoms with van der Waals surface area (Å²) in [6.07, 6.45) is -1.62. The molecular weight excluding hydrogens is 464 g/mol. The van der Waals surface area contributed by atoms with Gasteiger partial charge in [-0.3, -0.25) is 14.2 Å². The number of benzene rings is 2. The summed E-state index contributed by atoms with van der Waals surface area (Å²) in [5.41, 5.74) is 0.500. The van der Waals surface area contributed by atoms with Crippen molar-refractivity contribution in [1.82, 2.24) is 14.5 Å². The second-order valence-corrected chi connectivity index (χ2v) is 8.00. The van der Waals surface area contributed by atoms with Gasteiger partial charge in [-0.15, -0.1) is 24.5 Å². The van der Waals surface area contributed by atoms with E-state index in [0.717, 1.165) is 21.1 Å². The van der Waals surface area contributed by atoms with Crippen LogP contribution < -0.4 is 15.6 Å². The molecule has 0 spiro atoms. The van der Waals surface area contributed by atoms with Crippen molar-refractivity contribution in [2.75, 3.05) is 5.32 Å². The fourth-order valence-corrected chi connectivity index (χ4v) is 3.88. The quantitative estimate of drug-likeness (QED) is 0.422. The predicted octanol–water partition coefficient (Wildman–Crippen LogP) is 4.12. The standard InChI is InChI=1S/C21H14F4N4O3S/c22-13-3-6-17-16(8-13)19(31)29(11-27-17)10-18(30)28-20-26-9-15(33-20)7-12-1-4-14(5-2-12)32-21(23,24)25/h1-6,8-9,11H,7,10H2,(H,26,28,30). The van der Waals surface area contributed by atoms with E-state index in [1.54, 1.807) is 0 Å². The van der Waals surface area contributed by atoms with Crippen molar-refractivity contribution < 1.29 is 27.1 Å². The molecule has 0 saturated heterocycles. The first-order chi connectivity index (χ1) is 15.7. The number of anilines is 1. The smallest absolute Gasteiger partial charge is 0.406 e. The number of hydrogen-bond acceptors (Lipinski definition) is 6. The van der Waals surface area contributed by atoms with Crippen molar-refractivity contribution in [2.24, 2.45) is 0 Å². The van der Waals surface area contributed by atoms with Crippen LogP contribution in [0, 0.1) is 5.82 Å². The first kappa shape index (κ1) is 22.4. The topological polar surface area (TPSA) is 86.1 Å². The molecule has 0 bridgehead atoms. The number of halogens is 4. The lowest BCUT2D eigenvalue weighted by Gasteiger charge is -2.08. The minimum Gasteiger partial charge on any atom is -0.406 e. The summed E-state index contributed by atoms with van der Waals surface area (Å²) >= 11 is 1.18. The molecule has 0 saturated carbocycles. The van der Waals surface area contributed by atoms with E-state index in [4.69, 9.17) is 0 Å². The summed E-state index contributed by atoms with van der Waals surface area (Å²) in [5, 5.41) is 2.93. The summed E-state index contributed by atoms with van der Waals surface area (Å²) in [5.74, 6) is -1.42. The van der Waals surface area contributed by atoms with E-state index >= 15 is 0 Å². The monoisotopic (exact) mass is 478 g/mol. The molecule has 0 aliphatic heterocycles. The Labute approximate surface area is 187 Å². The molecule has 0 radical (unpaired) electrons. The van der Waals surface area contributed by atoms with Crippen molar-refractivity contribution in [3.63, 3.8) is 0 Å². The van der Waals surface area contributed by atoms with E-state index in [0.29, 0.717) is 17.1 Å². The molecule has 0 unspecified atom stereocenters. The van der Waals surface area contributed by atoms with Crippen LogP contribution in [0.2, 0.25) is 0 Å². The van der Waals surface area contributed by atoms with Gasteiger partial charge in [-0.05, 0) is 35.9 Å². The number of carbonyl (C=O) groups is 1. The minimum absolute atomic E-state index is 0.0634. The van der Waals surface area contributed by atoms with Crippen molar-refractivity contribution in [2.45, 2.75) is 19.3 Å². The Morgan fingerprint density at radius 3 is 2.61 bits per heavy atom. The number of aromatic nitrogens is 3. The molecule has 2 aromatic carbocycles. The second kappa shape index (κ2) is 8.98. The molecule has 170 valence electrons. The Bertz CT molecular complexity index is 1370. The van der Waals surface area contributed by atoms with Crippen LogP contribution in [0.5, 0.6) is 5.75 Å². The van der Waals surface area contributed by atoms with Crippen LogP contribution in [-0.4, -0.2) is 26.8 Å². The van der Waals surface area contributed by atoms with E-state index in [9.17, 15) is 27.2 Å². The lowest BCUT2D eigenvalue weighted by molar-refractivity contribution is -0.274. The third-order valence-corrected chi connectivity index (χ3v) is 5.35. The molecule has 2 aromatic heterocycles. The van der Waals surface area contributed by atoms with Crippen LogP contribution in [0.4, 0.5) is 22.7 Å². The highest BCUT2D eigenvalue weighted by Gasteiger charge is 2.30. The SMILES string of the molecule is O=C(Cn1cnc2ccc(F)cc2c1=O)Nc1ncc(Cc2ccc(OC(F)(F)F)cc2)s1. The van der Waals surface area contributed by atoms with Crippen molar-refractivity contribution >= 4 is 33.3 Å². The van der Waals surface area contributed by atoms with Crippen molar-refractivity contribution in [3.05, 3.63) is 81.6 Å². The Morgan fingerprint density at radius 2 is 1.88 bits per heavy atom. The van der Waals surface area contributed by atoms with Crippen LogP contribution in [0.3, 0.4) is 0 Å². The number of nitrogens with one attached hydrogen (secondary N) is 1. The summed E-state index contributed by atoms with van der Waals surface area (Å²) in [7, 11) is 0. The lowest BCUT2D eigenvalue weighted by Crippen LogP contribution is -2.27. The highest BCUT2D eigenvalue weighted by Crippen LogP contribution is 2.25. The molecule has 1 N–H and O–H groups in total. The van der Waals surface area contributed by atoms with E-state index in [1.165, 1.54) is 60.3 Å². The summed E-state index contributed by atoms with van der Waals surface area (Å²) in [6, 6.07) is 9.07. The molecule has 0 aliphatic rings. The Balaban J connectivity index is 1.38. The van der Waals surface area contributed by atoms with Crippen LogP contribution >= 0.6 is 11.3 Å². The second-order valence-electron chi connectivity index (χ2n) is 6.89. The molecule has 2 heterocycles. The number of nitrogens with zero attached hydrogens (tertiary/aromatic N) is 3. The van der Waals surface area contributed by atoms with Gasteiger partial charge < -0.3 is 10.1 Å². The van der Waals surface area contributed by atoms with E-state index < -0.39 is 23.6 Å². The van der Waals surface area contributed by atoms with Crippen LogP contribution in [0.15, 0.2) is 59.8 Å². The van der Waals surface area contributed by atoms with Crippen molar-refractivity contribution in [1.29, 1.82) is 0 Å². The first-order valence-electron chi connectivity index (χ1n) is 9.40. The third-order valence-electron chi connectivity index (χ3n) is 4.44. The number of amides is 1. The molecule has 0 aliphatic carbocycles. The first-order valence-corrected chi connectivity index (χ1v) is 10.2. The highest BCUT2D eigenvalue weighted by molar-refractivity contribution is 7.15. The molecule has 4 aromatic rings. The number of hydrogen-bond donors (Lipinski definition) is 1. The largest absolute Gasteiger partial charge is 0.573 e. The zero-order valence-electron chi connectivity index (χ0n) is 16.6. The Kier molecular flexibility index (Phi) is 6.09. The number of rotatable bonds is 6. The average Bonchev–Trinajstić information content (AvgIpc) is 3.17. The van der Waals surface area contributed by atoms with Gasteiger partial charge in [0.2, 0.25) is 5.91 Å². The summed E-state index contributed by atoms with van der Waals surface area (Å²) < 4.78 is 55.1. The van der Waals surface area contributed by atoms with Gasteiger partial charge in [-0.2, -0.15) is 0 Å². The van der Waals surface area contributed by atoms with Gasteiger partial charge in [0.1, 0.15) is 18.1 Å². The predicted molar refractivity (Wildman–Crippen MR) is 113 cm³/mol. The number of carbonyl (C=O) groups excluding carboxylic acids is 1. The van der Waals surface area contributed by atoms with Gasteiger partial charge in [-0.25, -0.2) is 14.4 Å². The Morgan fingerprint density at radius 1 is 1.12 bits per heavy atom. The zero-order chi connectivity index (χ0) is 23.6. The highest BCUT2D eigenvalue weighted by atomic mass is 32.1. The molecule has 1 amide bonds. The van der Waals surface area contributed by atoms with E-state index in [-0.39, 0.29) is 17.7 Å². The fraction of sp³-hybridized carbons (Fsp3) is 0.143. The molecule has 7 nitrogen and oxygen atoms in total. The van der Waals surface area contributed by atoms with Gasteiger partial charge in [0, 0.05) is 17.5 Å². The molecule has 0 atom stereocenters. The van der Waals surface area contributed by atoms with Gasteiger partial charge in [0.25, 0.3) is 5.56 Å². The lowest BCUT2D eigenvalue weighted by atomic mass is 10.1. The average molecular weight is 478 g/mol. The maximum absolute atomic E-state index is 13.4. The van der Waals surface area contributed by atoms with Crippen LogP contribution in [0.1, 0.15) is 10.4 Å². The number of thiazole rings is 1. The number of ether oxygens (including phenoxy) is 1. The minimum atomic E-state index is -4.75.